The maximum Gasteiger partial charge on any atom is 0.222 e. The van der Waals surface area contributed by atoms with Crippen molar-refractivity contribution in [3.63, 3.8) is 0 Å². The van der Waals surface area contributed by atoms with Crippen molar-refractivity contribution in [1.29, 1.82) is 0 Å². The molecular formula is C21H41N5O. The Balaban J connectivity index is 1.69. The first-order valence-corrected chi connectivity index (χ1v) is 11.3. The number of likely N-dealkylation sites (tertiary alicyclic amines) is 2. The van der Waals surface area contributed by atoms with Gasteiger partial charge in [-0.05, 0) is 52.0 Å². The third kappa shape index (κ3) is 8.08. The second-order valence-corrected chi connectivity index (χ2v) is 7.83. The monoisotopic (exact) mass is 379 g/mol. The lowest BCUT2D eigenvalue weighted by atomic mass is 10.0. The predicted molar refractivity (Wildman–Crippen MR) is 113 cm³/mol. The van der Waals surface area contributed by atoms with Gasteiger partial charge in [-0.1, -0.05) is 19.8 Å². The summed E-state index contributed by atoms with van der Waals surface area (Å²) in [6.07, 6.45) is 10.4. The van der Waals surface area contributed by atoms with Crippen molar-refractivity contribution in [2.45, 2.75) is 77.7 Å². The molecule has 0 spiro atoms. The van der Waals surface area contributed by atoms with Crippen molar-refractivity contribution in [3.05, 3.63) is 0 Å². The molecule has 1 amide bonds. The van der Waals surface area contributed by atoms with Crippen molar-refractivity contribution in [2.24, 2.45) is 4.99 Å². The highest BCUT2D eigenvalue weighted by Crippen LogP contribution is 2.18. The molecule has 2 rings (SSSR count). The molecule has 2 saturated heterocycles. The van der Waals surface area contributed by atoms with E-state index in [0.29, 0.717) is 5.91 Å². The summed E-state index contributed by atoms with van der Waals surface area (Å²) in [5.74, 6) is 1.23. The fraction of sp³-hybridized carbons (Fsp3) is 0.905. The van der Waals surface area contributed by atoms with Crippen molar-refractivity contribution in [1.82, 2.24) is 20.4 Å². The summed E-state index contributed by atoms with van der Waals surface area (Å²) >= 11 is 0. The molecule has 2 aliphatic heterocycles. The van der Waals surface area contributed by atoms with Gasteiger partial charge in [0, 0.05) is 51.7 Å². The third-order valence-corrected chi connectivity index (χ3v) is 5.78. The van der Waals surface area contributed by atoms with Crippen LogP contribution in [-0.2, 0) is 4.79 Å². The molecule has 0 aromatic carbocycles. The summed E-state index contributed by atoms with van der Waals surface area (Å²) < 4.78 is 0. The number of hydrogen-bond acceptors (Lipinski definition) is 3. The molecule has 27 heavy (non-hydrogen) atoms. The van der Waals surface area contributed by atoms with Gasteiger partial charge < -0.3 is 15.5 Å². The Hall–Kier alpha value is -1.30. The van der Waals surface area contributed by atoms with E-state index in [1.165, 1.54) is 38.6 Å². The van der Waals surface area contributed by atoms with Crippen LogP contribution in [0.4, 0.5) is 0 Å². The minimum atomic E-state index is 0.327. The van der Waals surface area contributed by atoms with Gasteiger partial charge >= 0.3 is 0 Å². The molecule has 2 aliphatic rings. The van der Waals surface area contributed by atoms with Crippen LogP contribution in [0.5, 0.6) is 0 Å². The smallest absolute Gasteiger partial charge is 0.222 e. The summed E-state index contributed by atoms with van der Waals surface area (Å²) in [5.41, 5.74) is 0. The van der Waals surface area contributed by atoms with E-state index in [1.54, 1.807) is 0 Å². The zero-order chi connectivity index (χ0) is 19.3. The number of hydrogen-bond donors (Lipinski definition) is 2. The summed E-state index contributed by atoms with van der Waals surface area (Å²) in [6.45, 7) is 11.1. The SMILES string of the molecule is CCNC(=NCCCN1CCCCCC1=O)NCCN1CCCCC1CC. The second-order valence-electron chi connectivity index (χ2n) is 7.83. The number of carbonyl (C=O) groups is 1. The van der Waals surface area contributed by atoms with Crippen LogP contribution in [0.15, 0.2) is 4.99 Å². The van der Waals surface area contributed by atoms with Crippen LogP contribution in [0, 0.1) is 0 Å². The highest BCUT2D eigenvalue weighted by Gasteiger charge is 2.20. The maximum absolute atomic E-state index is 12.0. The van der Waals surface area contributed by atoms with E-state index < -0.39 is 0 Å². The topological polar surface area (TPSA) is 60.0 Å². The molecule has 1 atom stereocenters. The molecule has 0 aromatic heterocycles. The second kappa shape index (κ2) is 13.0. The van der Waals surface area contributed by atoms with E-state index >= 15 is 0 Å². The van der Waals surface area contributed by atoms with Crippen molar-refractivity contribution < 1.29 is 4.79 Å². The highest BCUT2D eigenvalue weighted by atomic mass is 16.2. The lowest BCUT2D eigenvalue weighted by molar-refractivity contribution is -0.130. The van der Waals surface area contributed by atoms with Crippen molar-refractivity contribution in [2.75, 3.05) is 45.8 Å². The molecule has 2 heterocycles. The largest absolute Gasteiger partial charge is 0.357 e. The zero-order valence-electron chi connectivity index (χ0n) is 17.6. The molecule has 2 fully saturated rings. The molecule has 156 valence electrons. The lowest BCUT2D eigenvalue weighted by Gasteiger charge is -2.35. The normalized spacial score (nSPS) is 22.6. The summed E-state index contributed by atoms with van der Waals surface area (Å²) in [6, 6.07) is 0.756. The quantitative estimate of drug-likeness (QED) is 0.367. The molecule has 0 bridgehead atoms. The Kier molecular flexibility index (Phi) is 10.6. The van der Waals surface area contributed by atoms with Gasteiger partial charge in [-0.2, -0.15) is 0 Å². The Morgan fingerprint density at radius 2 is 1.93 bits per heavy atom. The molecule has 6 heteroatoms. The van der Waals surface area contributed by atoms with Crippen LogP contribution in [0.2, 0.25) is 0 Å². The number of piperidine rings is 1. The van der Waals surface area contributed by atoms with Crippen LogP contribution in [0.1, 0.15) is 71.6 Å². The minimum absolute atomic E-state index is 0.327. The molecule has 6 nitrogen and oxygen atoms in total. The van der Waals surface area contributed by atoms with Gasteiger partial charge in [0.05, 0.1) is 0 Å². The number of carbonyl (C=O) groups excluding carboxylic acids is 1. The standard InChI is InChI=1S/C21H41N5O/c1-3-19-11-7-9-15-25(19)18-14-24-21(22-4-2)23-13-10-17-26-16-8-5-6-12-20(26)27/h19H,3-18H2,1-2H3,(H2,22,23,24). The first-order valence-electron chi connectivity index (χ1n) is 11.3. The fourth-order valence-electron chi connectivity index (χ4n) is 4.20. The molecular weight excluding hydrogens is 338 g/mol. The van der Waals surface area contributed by atoms with E-state index in [1.807, 2.05) is 4.90 Å². The van der Waals surface area contributed by atoms with E-state index in [4.69, 9.17) is 4.99 Å². The van der Waals surface area contributed by atoms with Crippen LogP contribution < -0.4 is 10.6 Å². The predicted octanol–water partition coefficient (Wildman–Crippen LogP) is 2.60. The van der Waals surface area contributed by atoms with Crippen LogP contribution in [0.25, 0.3) is 0 Å². The van der Waals surface area contributed by atoms with Gasteiger partial charge in [0.15, 0.2) is 5.96 Å². The van der Waals surface area contributed by atoms with E-state index in [-0.39, 0.29) is 0 Å². The number of rotatable bonds is 9. The van der Waals surface area contributed by atoms with Crippen LogP contribution in [0.3, 0.4) is 0 Å². The average Bonchev–Trinajstić information content (AvgIpc) is 2.89. The number of nitrogens with one attached hydrogen (secondary N) is 2. The molecule has 0 aromatic rings. The number of aliphatic imine (C=N–C) groups is 1. The van der Waals surface area contributed by atoms with Crippen LogP contribution in [-0.4, -0.2) is 73.5 Å². The molecule has 0 saturated carbocycles. The Bertz CT molecular complexity index is 454. The first kappa shape index (κ1) is 22.0. The zero-order valence-corrected chi connectivity index (χ0v) is 17.6. The summed E-state index contributed by atoms with van der Waals surface area (Å²) in [4.78, 5) is 21.4. The van der Waals surface area contributed by atoms with Gasteiger partial charge in [0.25, 0.3) is 0 Å². The lowest BCUT2D eigenvalue weighted by Crippen LogP contribution is -2.46. The van der Waals surface area contributed by atoms with Crippen molar-refractivity contribution in [3.8, 4) is 0 Å². The highest BCUT2D eigenvalue weighted by molar-refractivity contribution is 5.79. The Morgan fingerprint density at radius 3 is 2.74 bits per heavy atom. The van der Waals surface area contributed by atoms with Crippen molar-refractivity contribution >= 4 is 11.9 Å². The Morgan fingerprint density at radius 1 is 1.07 bits per heavy atom. The fourth-order valence-corrected chi connectivity index (χ4v) is 4.20. The Labute approximate surface area is 166 Å². The third-order valence-electron chi connectivity index (χ3n) is 5.78. The maximum atomic E-state index is 12.0. The van der Waals surface area contributed by atoms with Crippen LogP contribution >= 0.6 is 0 Å². The van der Waals surface area contributed by atoms with E-state index in [0.717, 1.165) is 77.0 Å². The number of guanidine groups is 1. The summed E-state index contributed by atoms with van der Waals surface area (Å²) in [5, 5.41) is 6.83. The van der Waals surface area contributed by atoms with Gasteiger partial charge in [0.1, 0.15) is 0 Å². The molecule has 0 aliphatic carbocycles. The van der Waals surface area contributed by atoms with E-state index in [9.17, 15) is 4.79 Å². The van der Waals surface area contributed by atoms with Gasteiger partial charge in [-0.3, -0.25) is 14.7 Å². The molecule has 0 radical (unpaired) electrons. The molecule has 1 unspecified atom stereocenters. The van der Waals surface area contributed by atoms with Gasteiger partial charge in [-0.25, -0.2) is 0 Å². The van der Waals surface area contributed by atoms with Gasteiger partial charge in [0.2, 0.25) is 5.91 Å². The number of amides is 1. The molecule has 2 N–H and O–H groups in total. The minimum Gasteiger partial charge on any atom is -0.357 e. The average molecular weight is 380 g/mol. The van der Waals surface area contributed by atoms with E-state index in [2.05, 4.69) is 29.4 Å². The summed E-state index contributed by atoms with van der Waals surface area (Å²) in [7, 11) is 0. The van der Waals surface area contributed by atoms with Gasteiger partial charge in [-0.15, -0.1) is 0 Å². The first-order chi connectivity index (χ1) is 13.2. The number of nitrogens with zero attached hydrogens (tertiary/aromatic N) is 3.